The Hall–Kier alpha value is -1.48. The monoisotopic (exact) mass is 271 g/mol. The van der Waals surface area contributed by atoms with E-state index in [-0.39, 0.29) is 18.8 Å². The highest BCUT2D eigenvalue weighted by Gasteiger charge is 2.35. The van der Waals surface area contributed by atoms with Crippen LogP contribution in [0.1, 0.15) is 31.2 Å². The van der Waals surface area contributed by atoms with E-state index in [1.165, 1.54) is 13.1 Å². The Kier molecular flexibility index (Phi) is 3.85. The molecule has 0 bridgehead atoms. The summed E-state index contributed by atoms with van der Waals surface area (Å²) in [6.07, 6.45) is -1.66. The van der Waals surface area contributed by atoms with Crippen molar-refractivity contribution in [3.63, 3.8) is 0 Å². The van der Waals surface area contributed by atoms with Crippen LogP contribution in [0.2, 0.25) is 0 Å². The van der Waals surface area contributed by atoms with Crippen molar-refractivity contribution >= 4 is 5.82 Å². The standard InChI is InChI=1S/C11H17N3O5/c1-5(16)6-3-14(11(18)13-10(6)12)9-2-7(17)8(4-15)19-9/h3,5,7-9,15-17H,2,4H2,1H3,(H2,12,13,18)/t5-,7-,8-,9-/m1/s1. The van der Waals surface area contributed by atoms with Gasteiger partial charge < -0.3 is 25.8 Å². The number of nitrogen functional groups attached to an aromatic ring is 1. The summed E-state index contributed by atoms with van der Waals surface area (Å²) < 4.78 is 6.53. The summed E-state index contributed by atoms with van der Waals surface area (Å²) in [5.74, 6) is -0.0338. The van der Waals surface area contributed by atoms with E-state index in [2.05, 4.69) is 4.98 Å². The van der Waals surface area contributed by atoms with Crippen molar-refractivity contribution in [2.75, 3.05) is 12.3 Å². The first-order chi connectivity index (χ1) is 8.93. The van der Waals surface area contributed by atoms with Crippen LogP contribution in [0.25, 0.3) is 0 Å². The average molecular weight is 271 g/mol. The van der Waals surface area contributed by atoms with E-state index in [1.807, 2.05) is 0 Å². The summed E-state index contributed by atoms with van der Waals surface area (Å²) in [6.45, 7) is 1.17. The molecule has 1 aromatic rings. The normalized spacial score (nSPS) is 28.5. The zero-order chi connectivity index (χ0) is 14.2. The maximum absolute atomic E-state index is 11.8. The van der Waals surface area contributed by atoms with Crippen molar-refractivity contribution in [3.8, 4) is 0 Å². The van der Waals surface area contributed by atoms with Crippen LogP contribution < -0.4 is 11.4 Å². The van der Waals surface area contributed by atoms with Gasteiger partial charge in [0.2, 0.25) is 0 Å². The molecular formula is C11H17N3O5. The fraction of sp³-hybridized carbons (Fsp3) is 0.636. The highest BCUT2D eigenvalue weighted by molar-refractivity contribution is 5.38. The first-order valence-electron chi connectivity index (χ1n) is 5.95. The number of aromatic nitrogens is 2. The van der Waals surface area contributed by atoms with Crippen LogP contribution in [0.4, 0.5) is 5.82 Å². The molecule has 5 N–H and O–H groups in total. The fourth-order valence-corrected chi connectivity index (χ4v) is 2.07. The highest BCUT2D eigenvalue weighted by atomic mass is 16.5. The minimum absolute atomic E-state index is 0.0338. The maximum Gasteiger partial charge on any atom is 0.351 e. The largest absolute Gasteiger partial charge is 0.394 e. The highest BCUT2D eigenvalue weighted by Crippen LogP contribution is 2.28. The predicted octanol–water partition coefficient (Wildman–Crippen LogP) is -1.48. The molecule has 2 heterocycles. The molecule has 0 saturated carbocycles. The van der Waals surface area contributed by atoms with Crippen LogP contribution in [0, 0.1) is 0 Å². The molecular weight excluding hydrogens is 254 g/mol. The molecule has 0 aromatic carbocycles. The number of nitrogens with two attached hydrogens (primary N) is 1. The topological polar surface area (TPSA) is 131 Å². The summed E-state index contributed by atoms with van der Waals surface area (Å²) in [7, 11) is 0. The second kappa shape index (κ2) is 5.25. The Morgan fingerprint density at radius 2 is 2.37 bits per heavy atom. The smallest absolute Gasteiger partial charge is 0.351 e. The summed E-state index contributed by atoms with van der Waals surface area (Å²) in [4.78, 5) is 15.4. The number of aliphatic hydroxyl groups is 3. The van der Waals surface area contributed by atoms with Crippen molar-refractivity contribution in [1.29, 1.82) is 0 Å². The van der Waals surface area contributed by atoms with Crippen LogP contribution in [0.5, 0.6) is 0 Å². The number of hydrogen-bond acceptors (Lipinski definition) is 7. The Balaban J connectivity index is 2.36. The molecule has 19 heavy (non-hydrogen) atoms. The lowest BCUT2D eigenvalue weighted by atomic mass is 10.2. The van der Waals surface area contributed by atoms with E-state index in [0.717, 1.165) is 4.57 Å². The van der Waals surface area contributed by atoms with E-state index in [9.17, 15) is 15.0 Å². The zero-order valence-corrected chi connectivity index (χ0v) is 10.4. The SMILES string of the molecule is C[C@@H](O)c1cn([C@H]2C[C@@H](O)[C@@H](CO)O2)c(=O)nc1N. The minimum atomic E-state index is -0.876. The van der Waals surface area contributed by atoms with Crippen LogP contribution in [-0.4, -0.2) is 43.7 Å². The van der Waals surface area contributed by atoms with Crippen LogP contribution in [-0.2, 0) is 4.74 Å². The molecule has 0 spiro atoms. The number of aliphatic hydroxyl groups excluding tert-OH is 3. The average Bonchev–Trinajstić information content (AvgIpc) is 2.69. The number of ether oxygens (including phenoxy) is 1. The third-order valence-electron chi connectivity index (χ3n) is 3.16. The van der Waals surface area contributed by atoms with Crippen molar-refractivity contribution in [1.82, 2.24) is 9.55 Å². The van der Waals surface area contributed by atoms with E-state index in [0.29, 0.717) is 5.56 Å². The molecule has 1 aliphatic rings. The van der Waals surface area contributed by atoms with Crippen molar-refractivity contribution < 1.29 is 20.1 Å². The Morgan fingerprint density at radius 1 is 1.68 bits per heavy atom. The summed E-state index contributed by atoms with van der Waals surface area (Å²) in [5, 5.41) is 28.2. The predicted molar refractivity (Wildman–Crippen MR) is 65.2 cm³/mol. The van der Waals surface area contributed by atoms with Gasteiger partial charge in [-0.25, -0.2) is 4.79 Å². The lowest BCUT2D eigenvalue weighted by molar-refractivity contribution is -0.0460. The molecule has 2 rings (SSSR count). The molecule has 1 aliphatic heterocycles. The lowest BCUT2D eigenvalue weighted by Gasteiger charge is -2.17. The van der Waals surface area contributed by atoms with Gasteiger partial charge in [-0.15, -0.1) is 0 Å². The van der Waals surface area contributed by atoms with E-state index < -0.39 is 30.2 Å². The molecule has 8 heteroatoms. The second-order valence-electron chi connectivity index (χ2n) is 4.56. The van der Waals surface area contributed by atoms with E-state index in [1.54, 1.807) is 0 Å². The first-order valence-corrected chi connectivity index (χ1v) is 5.95. The van der Waals surface area contributed by atoms with Gasteiger partial charge in [0.05, 0.1) is 18.8 Å². The molecule has 4 atom stereocenters. The van der Waals surface area contributed by atoms with Gasteiger partial charge in [0.1, 0.15) is 18.1 Å². The van der Waals surface area contributed by atoms with Gasteiger partial charge in [0, 0.05) is 18.2 Å². The Morgan fingerprint density at radius 3 is 2.89 bits per heavy atom. The molecule has 1 saturated heterocycles. The number of hydrogen-bond donors (Lipinski definition) is 4. The minimum Gasteiger partial charge on any atom is -0.394 e. The van der Waals surface area contributed by atoms with Gasteiger partial charge in [-0.1, -0.05) is 0 Å². The number of rotatable bonds is 3. The molecule has 0 amide bonds. The van der Waals surface area contributed by atoms with Gasteiger partial charge in [-0.3, -0.25) is 4.57 Å². The molecule has 0 aliphatic carbocycles. The summed E-state index contributed by atoms with van der Waals surface area (Å²) in [6, 6.07) is 0. The van der Waals surface area contributed by atoms with Gasteiger partial charge in [-0.2, -0.15) is 4.98 Å². The third-order valence-corrected chi connectivity index (χ3v) is 3.16. The van der Waals surface area contributed by atoms with Gasteiger partial charge in [0.15, 0.2) is 0 Å². The summed E-state index contributed by atoms with van der Waals surface area (Å²) >= 11 is 0. The molecule has 0 unspecified atom stereocenters. The van der Waals surface area contributed by atoms with Crippen molar-refractivity contribution in [3.05, 3.63) is 22.2 Å². The Bertz CT molecular complexity index is 516. The fourth-order valence-electron chi connectivity index (χ4n) is 2.07. The Labute approximate surface area is 109 Å². The molecule has 0 radical (unpaired) electrons. The number of nitrogens with zero attached hydrogens (tertiary/aromatic N) is 2. The summed E-state index contributed by atoms with van der Waals surface area (Å²) in [5.41, 5.74) is 5.24. The van der Waals surface area contributed by atoms with Gasteiger partial charge in [-0.05, 0) is 6.92 Å². The van der Waals surface area contributed by atoms with Crippen LogP contribution >= 0.6 is 0 Å². The number of anilines is 1. The molecule has 106 valence electrons. The molecule has 1 aromatic heterocycles. The van der Waals surface area contributed by atoms with E-state index >= 15 is 0 Å². The van der Waals surface area contributed by atoms with Crippen molar-refractivity contribution in [2.24, 2.45) is 0 Å². The first kappa shape index (κ1) is 13.9. The van der Waals surface area contributed by atoms with E-state index in [4.69, 9.17) is 15.6 Å². The quantitative estimate of drug-likeness (QED) is 0.527. The molecule has 8 nitrogen and oxygen atoms in total. The van der Waals surface area contributed by atoms with Gasteiger partial charge >= 0.3 is 5.69 Å². The van der Waals surface area contributed by atoms with Crippen molar-refractivity contribution in [2.45, 2.75) is 37.9 Å². The third kappa shape index (κ3) is 2.61. The zero-order valence-electron chi connectivity index (χ0n) is 10.4. The van der Waals surface area contributed by atoms with Crippen LogP contribution in [0.3, 0.4) is 0 Å². The lowest BCUT2D eigenvalue weighted by Crippen LogP contribution is -2.29. The second-order valence-corrected chi connectivity index (χ2v) is 4.56. The van der Waals surface area contributed by atoms with Crippen LogP contribution in [0.15, 0.2) is 11.0 Å². The maximum atomic E-state index is 11.8. The van der Waals surface area contributed by atoms with Gasteiger partial charge in [0.25, 0.3) is 0 Å². The molecule has 1 fully saturated rings.